The molecule has 4 fully saturated rings. The number of carbonyl (C=O) groups excluding carboxylic acids is 3. The van der Waals surface area contributed by atoms with Gasteiger partial charge in [-0.25, -0.2) is 4.79 Å². The van der Waals surface area contributed by atoms with Crippen molar-refractivity contribution in [2.45, 2.75) is 51.0 Å². The van der Waals surface area contributed by atoms with Gasteiger partial charge in [-0.15, -0.1) is 0 Å². The first kappa shape index (κ1) is 17.4. The van der Waals surface area contributed by atoms with Crippen LogP contribution in [0.2, 0.25) is 0 Å². The normalized spacial score (nSPS) is 37.1. The third-order valence-corrected chi connectivity index (χ3v) is 7.05. The zero-order valence-electron chi connectivity index (χ0n) is 15.5. The van der Waals surface area contributed by atoms with Crippen LogP contribution in [-0.4, -0.2) is 52.9 Å². The number of urea groups is 1. The van der Waals surface area contributed by atoms with Gasteiger partial charge < -0.3 is 4.90 Å². The number of nitrogens with zero attached hydrogens (tertiary/aromatic N) is 3. The number of fused-ring (bicyclic) bond motifs is 4. The van der Waals surface area contributed by atoms with Crippen LogP contribution < -0.4 is 0 Å². The Kier molecular flexibility index (Phi) is 4.24. The second kappa shape index (κ2) is 6.32. The lowest BCUT2D eigenvalue weighted by Gasteiger charge is -2.44. The van der Waals surface area contributed by atoms with Gasteiger partial charge in [0.25, 0.3) is 5.91 Å². The maximum atomic E-state index is 13.3. The summed E-state index contributed by atoms with van der Waals surface area (Å²) in [6, 6.07) is -0.0621. The summed E-state index contributed by atoms with van der Waals surface area (Å²) in [5, 5.41) is 0. The van der Waals surface area contributed by atoms with Crippen molar-refractivity contribution in [3.63, 3.8) is 0 Å². The number of hydrogen-bond donors (Lipinski definition) is 0. The molecule has 0 aromatic heterocycles. The van der Waals surface area contributed by atoms with E-state index in [9.17, 15) is 14.4 Å². The molecule has 2 heterocycles. The predicted octanol–water partition coefficient (Wildman–Crippen LogP) is 2.84. The van der Waals surface area contributed by atoms with Crippen molar-refractivity contribution >= 4 is 23.9 Å². The van der Waals surface area contributed by atoms with Crippen molar-refractivity contribution < 1.29 is 15.8 Å². The standard InChI is InChI=1S/C20H26N3O3.H2/c1-20(15-11-13-5-3-6-14(15)9-8-13)18(25)23(19(26)22(20)2)12-17(24)16-7-4-10-21-16;/h4,7,10,13-15H,3,5-6,8-9,11-12H2,1-2H3;1H/t13-,14+,15?,20?;/m0./s1. The molecule has 0 N–H and O–H groups in total. The van der Waals surface area contributed by atoms with Crippen LogP contribution in [0.4, 0.5) is 4.79 Å². The highest BCUT2D eigenvalue weighted by Crippen LogP contribution is 2.50. The van der Waals surface area contributed by atoms with E-state index in [0.717, 1.165) is 24.2 Å². The van der Waals surface area contributed by atoms with Crippen LogP contribution in [0.1, 0.15) is 46.9 Å². The topological polar surface area (TPSA) is 70.1 Å². The molecule has 141 valence electrons. The average molecular weight is 358 g/mol. The van der Waals surface area contributed by atoms with Crippen LogP contribution in [0.5, 0.6) is 0 Å². The van der Waals surface area contributed by atoms with Gasteiger partial charge in [0.1, 0.15) is 5.54 Å². The number of carbonyl (C=O) groups is 3. The molecule has 3 saturated carbocycles. The Balaban J connectivity index is 0.00000210. The van der Waals surface area contributed by atoms with E-state index < -0.39 is 5.54 Å². The average Bonchev–Trinajstić information content (AvgIpc) is 3.07. The summed E-state index contributed by atoms with van der Waals surface area (Å²) < 4.78 is 0. The summed E-state index contributed by atoms with van der Waals surface area (Å²) in [5.74, 6) is 0.822. The molecule has 2 bridgehead atoms. The van der Waals surface area contributed by atoms with E-state index in [1.165, 1.54) is 19.3 Å². The molecular weight excluding hydrogens is 330 g/mol. The Bertz CT molecular complexity index is 691. The van der Waals surface area contributed by atoms with Gasteiger partial charge >= 0.3 is 6.03 Å². The molecule has 3 amide bonds. The summed E-state index contributed by atoms with van der Waals surface area (Å²) in [7, 11) is 1.71. The zero-order valence-corrected chi connectivity index (χ0v) is 15.5. The van der Waals surface area contributed by atoms with Gasteiger partial charge in [0.15, 0.2) is 11.8 Å². The highest BCUT2D eigenvalue weighted by Gasteiger charge is 2.59. The molecule has 0 spiro atoms. The van der Waals surface area contributed by atoms with Gasteiger partial charge in [-0.05, 0) is 49.7 Å². The molecule has 2 aliphatic heterocycles. The van der Waals surface area contributed by atoms with E-state index in [0.29, 0.717) is 17.9 Å². The van der Waals surface area contributed by atoms with Crippen LogP contribution in [0.25, 0.3) is 0 Å². The highest BCUT2D eigenvalue weighted by atomic mass is 16.2. The highest BCUT2D eigenvalue weighted by molar-refractivity contribution is 6.11. The predicted molar refractivity (Wildman–Crippen MR) is 99.4 cm³/mol. The van der Waals surface area contributed by atoms with E-state index >= 15 is 0 Å². The molecule has 3 aliphatic carbocycles. The number of allylic oxidation sites excluding steroid dienone is 1. The number of likely N-dealkylation sites (N-methyl/N-ethyl adjacent to an activating group) is 1. The summed E-state index contributed by atoms with van der Waals surface area (Å²) in [5.41, 5.74) is -0.843. The lowest BCUT2D eigenvalue weighted by atomic mass is 9.66. The molecule has 1 radical (unpaired) electrons. The lowest BCUT2D eigenvalue weighted by Crippen LogP contribution is -2.54. The van der Waals surface area contributed by atoms with Crippen molar-refractivity contribution in [2.24, 2.45) is 22.7 Å². The largest absolute Gasteiger partial charge is 0.327 e. The van der Waals surface area contributed by atoms with E-state index in [1.54, 1.807) is 30.3 Å². The van der Waals surface area contributed by atoms with E-state index in [-0.39, 0.29) is 31.6 Å². The van der Waals surface area contributed by atoms with Crippen LogP contribution in [-0.2, 0) is 9.59 Å². The van der Waals surface area contributed by atoms with Gasteiger partial charge in [0, 0.05) is 14.7 Å². The molecule has 2 unspecified atom stereocenters. The summed E-state index contributed by atoms with van der Waals surface area (Å²) in [6.45, 7) is 1.68. The third-order valence-electron chi connectivity index (χ3n) is 7.05. The van der Waals surface area contributed by atoms with Crippen molar-refractivity contribution in [3.05, 3.63) is 18.2 Å². The Morgan fingerprint density at radius 1 is 1.31 bits per heavy atom. The minimum atomic E-state index is -0.843. The quantitative estimate of drug-likeness (QED) is 0.726. The summed E-state index contributed by atoms with van der Waals surface area (Å²) in [4.78, 5) is 45.3. The first-order valence-corrected chi connectivity index (χ1v) is 9.63. The number of aliphatic imine (C=N–C) groups is 1. The zero-order chi connectivity index (χ0) is 18.5. The van der Waals surface area contributed by atoms with Crippen molar-refractivity contribution in [1.82, 2.24) is 9.80 Å². The minimum absolute atomic E-state index is 0. The van der Waals surface area contributed by atoms with Crippen molar-refractivity contribution in [2.75, 3.05) is 13.6 Å². The Hall–Kier alpha value is -1.98. The second-order valence-corrected chi connectivity index (χ2v) is 8.30. The number of imide groups is 1. The number of ketones is 1. The summed E-state index contributed by atoms with van der Waals surface area (Å²) >= 11 is 0. The van der Waals surface area contributed by atoms with Crippen LogP contribution in [0.3, 0.4) is 0 Å². The number of amides is 3. The fourth-order valence-corrected chi connectivity index (χ4v) is 5.41. The smallest absolute Gasteiger partial charge is 0.313 e. The molecule has 1 saturated heterocycles. The molecular formula is C20H28N3O3. The molecule has 26 heavy (non-hydrogen) atoms. The van der Waals surface area contributed by atoms with Gasteiger partial charge in [0.2, 0.25) is 0 Å². The molecule has 0 aromatic carbocycles. The number of hydrogen-bond acceptors (Lipinski definition) is 4. The molecule has 4 atom stereocenters. The van der Waals surface area contributed by atoms with Crippen molar-refractivity contribution in [3.8, 4) is 0 Å². The molecule has 0 aromatic rings. The van der Waals surface area contributed by atoms with Crippen molar-refractivity contribution in [1.29, 1.82) is 0 Å². The van der Waals surface area contributed by atoms with Gasteiger partial charge in [-0.1, -0.05) is 25.7 Å². The van der Waals surface area contributed by atoms with Crippen LogP contribution in [0, 0.1) is 23.8 Å². The maximum absolute atomic E-state index is 13.3. The third kappa shape index (κ3) is 2.53. The second-order valence-electron chi connectivity index (χ2n) is 8.30. The molecule has 5 aliphatic rings. The number of rotatable bonds is 4. The summed E-state index contributed by atoms with van der Waals surface area (Å²) in [6.07, 6.45) is 11.8. The SMILES string of the molecule is CN1C(=O)N(CC(=O)[C]2C=CC=N2)C(=O)C1(C)C1C[C@H]2CCC[C@@H]1CC2.[HH]. The lowest BCUT2D eigenvalue weighted by molar-refractivity contribution is -0.138. The Labute approximate surface area is 155 Å². The Morgan fingerprint density at radius 2 is 2.12 bits per heavy atom. The van der Waals surface area contributed by atoms with E-state index in [4.69, 9.17) is 0 Å². The van der Waals surface area contributed by atoms with Crippen LogP contribution in [0.15, 0.2) is 17.1 Å². The van der Waals surface area contributed by atoms with Gasteiger partial charge in [0.05, 0.1) is 6.54 Å². The monoisotopic (exact) mass is 358 g/mol. The number of Topliss-reactive ketones (excluding diaryl/α,β-unsaturated/α-hetero) is 1. The first-order chi connectivity index (χ1) is 12.4. The molecule has 6 heteroatoms. The Morgan fingerprint density at radius 3 is 2.85 bits per heavy atom. The van der Waals surface area contributed by atoms with E-state index in [1.807, 2.05) is 6.92 Å². The fraction of sp³-hybridized carbons (Fsp3) is 0.650. The molecule has 5 rings (SSSR count). The molecule has 6 nitrogen and oxygen atoms in total. The first-order valence-electron chi connectivity index (χ1n) is 9.63. The van der Waals surface area contributed by atoms with Gasteiger partial charge in [-0.2, -0.15) is 0 Å². The minimum Gasteiger partial charge on any atom is -0.313 e. The van der Waals surface area contributed by atoms with Crippen LogP contribution >= 0.6 is 0 Å². The maximum Gasteiger partial charge on any atom is 0.327 e. The van der Waals surface area contributed by atoms with Gasteiger partial charge in [-0.3, -0.25) is 19.5 Å². The fourth-order valence-electron chi connectivity index (χ4n) is 5.41. The van der Waals surface area contributed by atoms with E-state index in [2.05, 4.69) is 4.99 Å².